The predicted molar refractivity (Wildman–Crippen MR) is 57.3 cm³/mol. The molecule has 0 fully saturated rings. The van der Waals surface area contributed by atoms with Gasteiger partial charge in [-0.05, 0) is 25.2 Å². The molecule has 0 aliphatic carbocycles. The van der Waals surface area contributed by atoms with Crippen molar-refractivity contribution in [2.45, 2.75) is 53.9 Å². The summed E-state index contributed by atoms with van der Waals surface area (Å²) in [4.78, 5) is 0. The Hall–Kier alpha value is -0.260. The minimum absolute atomic E-state index is 0.703. The molecule has 0 aliphatic rings. The zero-order valence-corrected chi connectivity index (χ0v) is 9.35. The molecule has 0 rings (SSSR count). The second kappa shape index (κ2) is 6.28. The molecule has 0 heterocycles. The molecule has 12 heavy (non-hydrogen) atoms. The molecule has 72 valence electrons. The van der Waals surface area contributed by atoms with Crippen molar-refractivity contribution in [1.29, 1.82) is 0 Å². The van der Waals surface area contributed by atoms with E-state index < -0.39 is 0 Å². The van der Waals surface area contributed by atoms with E-state index >= 15 is 0 Å². The van der Waals surface area contributed by atoms with Crippen LogP contribution in [-0.2, 0) is 0 Å². The summed E-state index contributed by atoms with van der Waals surface area (Å²) in [7, 11) is 0. The van der Waals surface area contributed by atoms with Gasteiger partial charge in [-0.1, -0.05) is 52.2 Å². The maximum absolute atomic E-state index is 2.39. The standard InChI is InChI=1S/C12H24/c1-6-7-8-11(4)12(5)9-10(2)3/h9-11H,6-8H2,1-5H3. The number of unbranched alkanes of at least 4 members (excludes halogenated alkanes) is 1. The summed E-state index contributed by atoms with van der Waals surface area (Å²) in [5, 5.41) is 0. The Morgan fingerprint density at radius 3 is 2.25 bits per heavy atom. The first kappa shape index (κ1) is 11.7. The molecule has 0 aliphatic heterocycles. The largest absolute Gasteiger partial charge is 0.0828 e. The maximum atomic E-state index is 2.39. The zero-order chi connectivity index (χ0) is 9.56. The van der Waals surface area contributed by atoms with Gasteiger partial charge in [0, 0.05) is 0 Å². The third-order valence-corrected chi connectivity index (χ3v) is 2.36. The van der Waals surface area contributed by atoms with Crippen LogP contribution in [-0.4, -0.2) is 0 Å². The Balaban J connectivity index is 3.83. The highest BCUT2D eigenvalue weighted by atomic mass is 14.1. The van der Waals surface area contributed by atoms with Gasteiger partial charge in [-0.15, -0.1) is 0 Å². The van der Waals surface area contributed by atoms with Crippen molar-refractivity contribution in [3.8, 4) is 0 Å². The SMILES string of the molecule is CCCCC(C)C(C)=CC(C)C. The first-order valence-electron chi connectivity index (χ1n) is 5.26. The Labute approximate surface area is 78.1 Å². The highest BCUT2D eigenvalue weighted by Crippen LogP contribution is 2.18. The first-order valence-corrected chi connectivity index (χ1v) is 5.26. The van der Waals surface area contributed by atoms with E-state index in [2.05, 4.69) is 40.7 Å². The van der Waals surface area contributed by atoms with Crippen LogP contribution in [0.5, 0.6) is 0 Å². The minimum atomic E-state index is 0.703. The summed E-state index contributed by atoms with van der Waals surface area (Å²) >= 11 is 0. The van der Waals surface area contributed by atoms with Gasteiger partial charge >= 0.3 is 0 Å². The van der Waals surface area contributed by atoms with Crippen LogP contribution in [0.25, 0.3) is 0 Å². The average Bonchev–Trinajstić information content (AvgIpc) is 1.98. The fraction of sp³-hybridized carbons (Fsp3) is 0.833. The minimum Gasteiger partial charge on any atom is -0.0828 e. The van der Waals surface area contributed by atoms with Gasteiger partial charge in [-0.25, -0.2) is 0 Å². The molecular formula is C12H24. The summed E-state index contributed by atoms with van der Waals surface area (Å²) < 4.78 is 0. The van der Waals surface area contributed by atoms with Crippen LogP contribution < -0.4 is 0 Å². The molecule has 0 heteroatoms. The van der Waals surface area contributed by atoms with Gasteiger partial charge in [-0.3, -0.25) is 0 Å². The zero-order valence-electron chi connectivity index (χ0n) is 9.35. The molecule has 0 aromatic heterocycles. The second-order valence-electron chi connectivity index (χ2n) is 4.20. The number of hydrogen-bond donors (Lipinski definition) is 0. The maximum Gasteiger partial charge on any atom is -0.0234 e. The van der Waals surface area contributed by atoms with Crippen molar-refractivity contribution in [1.82, 2.24) is 0 Å². The van der Waals surface area contributed by atoms with Gasteiger partial charge in [-0.2, -0.15) is 0 Å². The average molecular weight is 168 g/mol. The molecule has 0 saturated carbocycles. The summed E-state index contributed by atoms with van der Waals surface area (Å²) in [6.45, 7) is 11.4. The smallest absolute Gasteiger partial charge is 0.0234 e. The van der Waals surface area contributed by atoms with Crippen molar-refractivity contribution in [3.05, 3.63) is 11.6 Å². The van der Waals surface area contributed by atoms with E-state index in [1.54, 1.807) is 5.57 Å². The molecule has 0 bridgehead atoms. The molecule has 1 atom stereocenters. The van der Waals surface area contributed by atoms with Crippen LogP contribution in [0.3, 0.4) is 0 Å². The van der Waals surface area contributed by atoms with Gasteiger partial charge < -0.3 is 0 Å². The van der Waals surface area contributed by atoms with Crippen molar-refractivity contribution >= 4 is 0 Å². The van der Waals surface area contributed by atoms with Gasteiger partial charge in [0.1, 0.15) is 0 Å². The highest BCUT2D eigenvalue weighted by molar-refractivity contribution is 5.03. The van der Waals surface area contributed by atoms with E-state index in [0.717, 1.165) is 5.92 Å². The molecular weight excluding hydrogens is 144 g/mol. The molecule has 0 nitrogen and oxygen atoms in total. The Kier molecular flexibility index (Phi) is 6.14. The Morgan fingerprint density at radius 2 is 1.83 bits per heavy atom. The molecule has 1 unspecified atom stereocenters. The fourth-order valence-electron chi connectivity index (χ4n) is 1.43. The molecule has 0 saturated heterocycles. The van der Waals surface area contributed by atoms with Crippen molar-refractivity contribution in [2.24, 2.45) is 11.8 Å². The molecule has 0 N–H and O–H groups in total. The third kappa shape index (κ3) is 5.40. The molecule has 0 radical (unpaired) electrons. The van der Waals surface area contributed by atoms with Gasteiger partial charge in [0.2, 0.25) is 0 Å². The number of rotatable bonds is 5. The van der Waals surface area contributed by atoms with E-state index in [0.29, 0.717) is 5.92 Å². The van der Waals surface area contributed by atoms with Gasteiger partial charge in [0.05, 0.1) is 0 Å². The Bertz CT molecular complexity index is 131. The van der Waals surface area contributed by atoms with Gasteiger partial charge in [0.25, 0.3) is 0 Å². The normalized spacial score (nSPS) is 15.3. The molecule has 0 aromatic carbocycles. The molecule has 0 aromatic rings. The van der Waals surface area contributed by atoms with E-state index in [-0.39, 0.29) is 0 Å². The summed E-state index contributed by atoms with van der Waals surface area (Å²) in [5.74, 6) is 1.49. The lowest BCUT2D eigenvalue weighted by Crippen LogP contribution is -1.97. The van der Waals surface area contributed by atoms with Crippen LogP contribution in [0.15, 0.2) is 11.6 Å². The summed E-state index contributed by atoms with van der Waals surface area (Å²) in [5.41, 5.74) is 1.57. The van der Waals surface area contributed by atoms with Crippen molar-refractivity contribution in [2.75, 3.05) is 0 Å². The second-order valence-corrected chi connectivity index (χ2v) is 4.20. The molecule has 0 spiro atoms. The third-order valence-electron chi connectivity index (χ3n) is 2.36. The lowest BCUT2D eigenvalue weighted by Gasteiger charge is -2.12. The van der Waals surface area contributed by atoms with Crippen LogP contribution in [0.4, 0.5) is 0 Å². The van der Waals surface area contributed by atoms with E-state index in [9.17, 15) is 0 Å². The topological polar surface area (TPSA) is 0 Å². The highest BCUT2D eigenvalue weighted by Gasteiger charge is 2.03. The van der Waals surface area contributed by atoms with Crippen LogP contribution in [0.2, 0.25) is 0 Å². The van der Waals surface area contributed by atoms with E-state index in [4.69, 9.17) is 0 Å². The quantitative estimate of drug-likeness (QED) is 0.533. The summed E-state index contributed by atoms with van der Waals surface area (Å²) in [6, 6.07) is 0. The van der Waals surface area contributed by atoms with Gasteiger partial charge in [0.15, 0.2) is 0 Å². The monoisotopic (exact) mass is 168 g/mol. The lowest BCUT2D eigenvalue weighted by atomic mass is 9.94. The lowest BCUT2D eigenvalue weighted by molar-refractivity contribution is 0.566. The summed E-state index contributed by atoms with van der Waals surface area (Å²) in [6.07, 6.45) is 6.43. The van der Waals surface area contributed by atoms with E-state index in [1.165, 1.54) is 19.3 Å². The van der Waals surface area contributed by atoms with Crippen LogP contribution >= 0.6 is 0 Å². The van der Waals surface area contributed by atoms with Crippen molar-refractivity contribution < 1.29 is 0 Å². The molecule has 0 amide bonds. The number of hydrogen-bond acceptors (Lipinski definition) is 0. The fourth-order valence-corrected chi connectivity index (χ4v) is 1.43. The van der Waals surface area contributed by atoms with Crippen LogP contribution in [0, 0.1) is 11.8 Å². The van der Waals surface area contributed by atoms with E-state index in [1.807, 2.05) is 0 Å². The first-order chi connectivity index (χ1) is 5.57. The van der Waals surface area contributed by atoms with Crippen LogP contribution in [0.1, 0.15) is 53.9 Å². The predicted octanol–water partition coefficient (Wildman–Crippen LogP) is 4.42. The number of allylic oxidation sites excluding steroid dienone is 2. The Morgan fingerprint density at radius 1 is 1.25 bits per heavy atom. The van der Waals surface area contributed by atoms with Crippen molar-refractivity contribution in [3.63, 3.8) is 0 Å².